The molecule has 0 aliphatic rings. The molecule has 0 spiro atoms. The third-order valence-electron chi connectivity index (χ3n) is 0.394. The molecule has 48 valence electrons. The van der Waals surface area contributed by atoms with Crippen LogP contribution in [0.2, 0.25) is 0 Å². The van der Waals surface area contributed by atoms with Crippen LogP contribution in [0.3, 0.4) is 0 Å². The molecule has 0 aliphatic carbocycles. The van der Waals surface area contributed by atoms with Gasteiger partial charge in [-0.15, -0.1) is 0 Å². The van der Waals surface area contributed by atoms with Gasteiger partial charge in [-0.3, -0.25) is 8.92 Å². The summed E-state index contributed by atoms with van der Waals surface area (Å²) < 4.78 is 16.8. The van der Waals surface area contributed by atoms with Crippen LogP contribution in [0.25, 0.3) is 0 Å². The summed E-state index contributed by atoms with van der Waals surface area (Å²) in [7, 11) is 0.465. The Morgan fingerprint density at radius 1 is 1.62 bits per heavy atom. The predicted molar refractivity (Wildman–Crippen MR) is 30.1 cm³/mol. The molecule has 0 rings (SSSR count). The van der Waals surface area contributed by atoms with E-state index in [0.717, 1.165) is 13.1 Å². The maximum absolute atomic E-state index is 8.40. The van der Waals surface area contributed by atoms with Crippen LogP contribution in [-0.2, 0) is 8.92 Å². The zero-order valence-electron chi connectivity index (χ0n) is 4.81. The van der Waals surface area contributed by atoms with Crippen molar-refractivity contribution >= 4 is 9.29 Å². The maximum Gasteiger partial charge on any atom is 0.549 e. The van der Waals surface area contributed by atoms with Crippen molar-refractivity contribution in [1.29, 1.82) is 0 Å². The molecule has 0 amide bonds. The molecular weight excluding hydrogens is 124 g/mol. The summed E-state index contributed by atoms with van der Waals surface area (Å²) >= 11 is 0. The highest BCUT2D eigenvalue weighted by molar-refractivity contribution is 5.94. The molecule has 0 aromatic heterocycles. The molecule has 0 saturated heterocycles. The molecule has 0 heterocycles. The highest BCUT2D eigenvalue weighted by Gasteiger charge is 1.64. The first kappa shape index (κ1) is 10.7. The van der Waals surface area contributed by atoms with Crippen molar-refractivity contribution in [1.82, 2.24) is 5.32 Å². The highest BCUT2D eigenvalue weighted by atomic mass is 28.2. The van der Waals surface area contributed by atoms with Crippen molar-refractivity contribution in [3.63, 3.8) is 0 Å². The molecule has 5 heteroatoms. The van der Waals surface area contributed by atoms with Crippen LogP contribution in [0.4, 0.5) is 0 Å². The Morgan fingerprint density at radius 3 is 2.00 bits per heavy atom. The largest absolute Gasteiger partial charge is 0.549 e. The van der Waals surface area contributed by atoms with Gasteiger partial charge in [0.1, 0.15) is 0 Å². The van der Waals surface area contributed by atoms with Gasteiger partial charge in [0, 0.05) is 13.1 Å². The molecule has 4 nitrogen and oxygen atoms in total. The van der Waals surface area contributed by atoms with E-state index in [1.807, 2.05) is 7.05 Å². The minimum absolute atomic E-state index is 0.733. The van der Waals surface area contributed by atoms with Crippen LogP contribution in [0.1, 0.15) is 0 Å². The average Bonchev–Trinajstić information content (AvgIpc) is 1.71. The molecule has 0 unspecified atom stereocenters. The lowest BCUT2D eigenvalue weighted by molar-refractivity contribution is 0.497. The Balaban J connectivity index is 0. The van der Waals surface area contributed by atoms with E-state index in [2.05, 4.69) is 5.32 Å². The van der Waals surface area contributed by atoms with E-state index < -0.39 is 9.29 Å². The summed E-state index contributed by atoms with van der Waals surface area (Å²) in [6, 6.07) is 0. The van der Waals surface area contributed by atoms with Crippen LogP contribution in [0.5, 0.6) is 0 Å². The lowest BCUT2D eigenvalue weighted by Crippen LogP contribution is -2.17. The van der Waals surface area contributed by atoms with E-state index in [1.54, 1.807) is 0 Å². The maximum atomic E-state index is 8.40. The lowest BCUT2D eigenvalue weighted by atomic mass is 10.7. The zero-order valence-corrected chi connectivity index (χ0v) is 5.81. The van der Waals surface area contributed by atoms with Gasteiger partial charge in [0.25, 0.3) is 0 Å². The van der Waals surface area contributed by atoms with Crippen LogP contribution in [0, 0.1) is 0 Å². The molecular formula is C3H10N2O2Si. The van der Waals surface area contributed by atoms with Crippen LogP contribution in [-0.4, -0.2) is 29.4 Å². The number of nitrogens with two attached hydrogens (primary N) is 1. The van der Waals surface area contributed by atoms with Crippen LogP contribution in [0.15, 0.2) is 0 Å². The summed E-state index contributed by atoms with van der Waals surface area (Å²) in [6.45, 7) is 1.65. The van der Waals surface area contributed by atoms with Gasteiger partial charge in [0.15, 0.2) is 0 Å². The Morgan fingerprint density at radius 2 is 2.00 bits per heavy atom. The summed E-state index contributed by atoms with van der Waals surface area (Å²) in [6.07, 6.45) is 0. The Labute approximate surface area is 50.4 Å². The quantitative estimate of drug-likeness (QED) is 0.453. The number of hydrogen-bond acceptors (Lipinski definition) is 4. The lowest BCUT2D eigenvalue weighted by Gasteiger charge is -1.85. The fraction of sp³-hybridized carbons (Fsp3) is 1.00. The fourth-order valence-corrected chi connectivity index (χ4v) is 0.144. The van der Waals surface area contributed by atoms with Crippen molar-refractivity contribution in [3.05, 3.63) is 0 Å². The first-order valence-corrected chi connectivity index (χ1v) is 2.99. The van der Waals surface area contributed by atoms with Gasteiger partial charge in [-0.05, 0) is 7.05 Å². The second-order valence-electron chi connectivity index (χ2n) is 0.976. The van der Waals surface area contributed by atoms with Gasteiger partial charge in [-0.1, -0.05) is 0 Å². The topological polar surface area (TPSA) is 72.2 Å². The van der Waals surface area contributed by atoms with Crippen molar-refractivity contribution in [2.24, 2.45) is 5.73 Å². The third kappa shape index (κ3) is 42.7. The van der Waals surface area contributed by atoms with Crippen molar-refractivity contribution in [2.45, 2.75) is 0 Å². The van der Waals surface area contributed by atoms with Gasteiger partial charge in [0.05, 0.1) is 0 Å². The molecule has 8 heavy (non-hydrogen) atoms. The second kappa shape index (κ2) is 15.9. The Hall–Kier alpha value is -0.263. The van der Waals surface area contributed by atoms with E-state index in [-0.39, 0.29) is 0 Å². The Bertz CT molecular complexity index is 60.3. The molecule has 0 bridgehead atoms. The molecule has 0 radical (unpaired) electrons. The first-order valence-electron chi connectivity index (χ1n) is 2.17. The molecule has 0 fully saturated rings. The summed E-state index contributed by atoms with van der Waals surface area (Å²) in [5.41, 5.74) is 5.08. The number of rotatable bonds is 2. The molecule has 0 aromatic carbocycles. The van der Waals surface area contributed by atoms with Gasteiger partial charge in [-0.2, -0.15) is 0 Å². The molecule has 3 N–H and O–H groups in total. The summed E-state index contributed by atoms with van der Waals surface area (Å²) in [5.74, 6) is 0. The summed E-state index contributed by atoms with van der Waals surface area (Å²) in [5, 5.41) is 2.89. The van der Waals surface area contributed by atoms with E-state index in [1.165, 1.54) is 0 Å². The second-order valence-corrected chi connectivity index (χ2v) is 1.14. The predicted octanol–water partition coefficient (Wildman–Crippen LogP) is -1.45. The van der Waals surface area contributed by atoms with Crippen LogP contribution >= 0.6 is 0 Å². The first-order chi connectivity index (χ1) is 3.83. The number of nitrogens with one attached hydrogen (secondary N) is 1. The van der Waals surface area contributed by atoms with E-state index in [4.69, 9.17) is 14.7 Å². The van der Waals surface area contributed by atoms with E-state index in [0.29, 0.717) is 0 Å². The van der Waals surface area contributed by atoms with E-state index in [9.17, 15) is 0 Å². The van der Waals surface area contributed by atoms with Crippen LogP contribution < -0.4 is 11.1 Å². The Kier molecular flexibility index (Phi) is 21.2. The highest BCUT2D eigenvalue weighted by Crippen LogP contribution is 1.37. The third-order valence-corrected chi connectivity index (χ3v) is 0.394. The SMILES string of the molecule is CNCCN.O=[Si]=O. The molecule has 0 saturated carbocycles. The summed E-state index contributed by atoms with van der Waals surface area (Å²) in [4.78, 5) is 0. The minimum atomic E-state index is -1.42. The monoisotopic (exact) mass is 134 g/mol. The van der Waals surface area contributed by atoms with Gasteiger partial charge in [-0.25, -0.2) is 0 Å². The molecule has 0 aromatic rings. The van der Waals surface area contributed by atoms with Crippen molar-refractivity contribution in [2.75, 3.05) is 20.1 Å². The van der Waals surface area contributed by atoms with E-state index >= 15 is 0 Å². The fourth-order valence-electron chi connectivity index (χ4n) is 0.144. The zero-order chi connectivity index (χ0) is 6.83. The van der Waals surface area contributed by atoms with Crippen molar-refractivity contribution in [3.8, 4) is 0 Å². The number of likely N-dealkylation sites (N-methyl/N-ethyl adjacent to an activating group) is 1. The van der Waals surface area contributed by atoms with Crippen molar-refractivity contribution < 1.29 is 8.92 Å². The van der Waals surface area contributed by atoms with Gasteiger partial charge < -0.3 is 11.1 Å². The number of hydrogen-bond donors (Lipinski definition) is 2. The van der Waals surface area contributed by atoms with Gasteiger partial charge in [0.2, 0.25) is 0 Å². The average molecular weight is 134 g/mol. The smallest absolute Gasteiger partial charge is 0.329 e. The van der Waals surface area contributed by atoms with Gasteiger partial charge >= 0.3 is 9.29 Å². The molecule has 0 atom stereocenters. The standard InChI is InChI=1S/C3H10N2.O2Si/c1-5-3-2-4;1-3-2/h5H,2-4H2,1H3;. The normalized spacial score (nSPS) is 6.25. The molecule has 0 aliphatic heterocycles. The minimum Gasteiger partial charge on any atom is -0.329 e.